The van der Waals surface area contributed by atoms with E-state index in [0.29, 0.717) is 63.3 Å². The van der Waals surface area contributed by atoms with Crippen LogP contribution in [0.15, 0.2) is 53.5 Å². The first kappa shape index (κ1) is 29.7. The number of carbonyl (C=O) groups is 1. The molecule has 3 heterocycles. The number of nitrogens with one attached hydrogen (secondary N) is 2. The molecular formula is C31H33Cl2N5O4. The molecule has 9 nitrogen and oxygen atoms in total. The zero-order chi connectivity index (χ0) is 30.0. The Morgan fingerprint density at radius 3 is 2.48 bits per heavy atom. The highest BCUT2D eigenvalue weighted by Crippen LogP contribution is 2.37. The molecule has 1 saturated heterocycles. The smallest absolute Gasteiger partial charge is 0.410 e. The van der Waals surface area contributed by atoms with Crippen molar-refractivity contribution < 1.29 is 14.3 Å². The number of H-pyrrole nitrogens is 1. The number of hydrogen-bond acceptors (Lipinski definition) is 7. The minimum Gasteiger partial charge on any atom is -0.495 e. The molecule has 1 aliphatic rings. The number of nitrogens with zero attached hydrogens (tertiary/aromatic N) is 3. The minimum atomic E-state index is -0.520. The molecule has 0 unspecified atom stereocenters. The highest BCUT2D eigenvalue weighted by atomic mass is 35.5. The zero-order valence-corrected chi connectivity index (χ0v) is 25.5. The molecule has 220 valence electrons. The van der Waals surface area contributed by atoms with E-state index in [1.165, 1.54) is 6.20 Å². The molecule has 11 heteroatoms. The predicted molar refractivity (Wildman–Crippen MR) is 165 cm³/mol. The van der Waals surface area contributed by atoms with Crippen LogP contribution >= 0.6 is 23.2 Å². The number of halogens is 2. The van der Waals surface area contributed by atoms with E-state index in [-0.39, 0.29) is 17.6 Å². The number of piperidine rings is 1. The molecule has 2 aromatic heterocycles. The van der Waals surface area contributed by atoms with Crippen LogP contribution in [0.1, 0.15) is 56.4 Å². The predicted octanol–water partition coefficient (Wildman–Crippen LogP) is 7.08. The number of pyridine rings is 1. The summed E-state index contributed by atoms with van der Waals surface area (Å²) >= 11 is 12.8. The minimum absolute atomic E-state index is 0.272. The molecule has 0 saturated carbocycles. The van der Waals surface area contributed by atoms with Crippen LogP contribution in [0.25, 0.3) is 10.9 Å². The van der Waals surface area contributed by atoms with Crippen molar-refractivity contribution in [1.29, 1.82) is 0 Å². The summed E-state index contributed by atoms with van der Waals surface area (Å²) < 4.78 is 11.3. The van der Waals surface area contributed by atoms with E-state index in [1.807, 2.05) is 39.0 Å². The van der Waals surface area contributed by atoms with Crippen LogP contribution < -0.4 is 15.6 Å². The average Bonchev–Trinajstić information content (AvgIpc) is 2.94. The van der Waals surface area contributed by atoms with Crippen LogP contribution in [0.3, 0.4) is 0 Å². The highest BCUT2D eigenvalue weighted by molar-refractivity contribution is 6.36. The first-order valence-electron chi connectivity index (χ1n) is 13.8. The van der Waals surface area contributed by atoms with Crippen LogP contribution in [0.4, 0.5) is 16.2 Å². The number of ether oxygens (including phenoxy) is 2. The maximum Gasteiger partial charge on any atom is 0.410 e. The van der Waals surface area contributed by atoms with E-state index in [1.54, 1.807) is 30.2 Å². The Bertz CT molecular complexity index is 1660. The van der Waals surface area contributed by atoms with Crippen LogP contribution in [0.2, 0.25) is 10.0 Å². The van der Waals surface area contributed by atoms with Gasteiger partial charge in [-0.25, -0.2) is 9.89 Å². The molecule has 1 aliphatic heterocycles. The van der Waals surface area contributed by atoms with Crippen molar-refractivity contribution in [3.8, 4) is 5.75 Å². The quantitative estimate of drug-likeness (QED) is 0.240. The second-order valence-electron chi connectivity index (χ2n) is 11.3. The summed E-state index contributed by atoms with van der Waals surface area (Å²) in [5.74, 6) is 0.905. The number of hydrogen-bond donors (Lipinski definition) is 2. The summed E-state index contributed by atoms with van der Waals surface area (Å²) in [7, 11) is 1.61. The number of carbonyl (C=O) groups excluding carboxylic acids is 1. The number of methoxy groups -OCH3 is 1. The van der Waals surface area contributed by atoms with Crippen molar-refractivity contribution >= 4 is 51.6 Å². The normalized spacial score (nSPS) is 14.2. The Hall–Kier alpha value is -3.82. The van der Waals surface area contributed by atoms with Gasteiger partial charge >= 0.3 is 6.09 Å². The van der Waals surface area contributed by atoms with Gasteiger partial charge in [0.15, 0.2) is 0 Å². The SMILES string of the molecule is COc1cc(C2CCN(C(=O)OC(C)(C)C)CC2)ccc1Nc1cc(Cc2c(Cl)cccc2Cl)nc2cn[nH]c(=O)c12. The fourth-order valence-electron chi connectivity index (χ4n) is 5.16. The first-order valence-corrected chi connectivity index (χ1v) is 14.5. The van der Waals surface area contributed by atoms with Crippen LogP contribution in [0, 0.1) is 0 Å². The molecule has 0 aliphatic carbocycles. The Balaban J connectivity index is 1.40. The molecule has 42 heavy (non-hydrogen) atoms. The Morgan fingerprint density at radius 1 is 1.10 bits per heavy atom. The summed E-state index contributed by atoms with van der Waals surface area (Å²) in [4.78, 5) is 31.7. The van der Waals surface area contributed by atoms with Gasteiger partial charge in [-0.3, -0.25) is 9.78 Å². The Kier molecular flexibility index (Phi) is 8.61. The number of anilines is 2. The maximum absolute atomic E-state index is 12.8. The number of benzene rings is 2. The van der Waals surface area contributed by atoms with Gasteiger partial charge in [0.05, 0.1) is 35.6 Å². The third kappa shape index (κ3) is 6.63. The van der Waals surface area contributed by atoms with E-state index < -0.39 is 5.60 Å². The van der Waals surface area contributed by atoms with Gasteiger partial charge in [-0.1, -0.05) is 35.3 Å². The maximum atomic E-state index is 12.8. The van der Waals surface area contributed by atoms with Crippen LogP contribution in [-0.4, -0.2) is 52.0 Å². The van der Waals surface area contributed by atoms with E-state index in [2.05, 4.69) is 26.6 Å². The van der Waals surface area contributed by atoms with Crippen molar-refractivity contribution in [1.82, 2.24) is 20.1 Å². The van der Waals surface area contributed by atoms with E-state index in [9.17, 15) is 9.59 Å². The number of fused-ring (bicyclic) bond motifs is 1. The van der Waals surface area contributed by atoms with Crippen LogP contribution in [0.5, 0.6) is 5.75 Å². The summed E-state index contributed by atoms with van der Waals surface area (Å²) in [6.07, 6.45) is 3.25. The number of amides is 1. The molecule has 0 atom stereocenters. The molecule has 1 fully saturated rings. The van der Waals surface area contributed by atoms with Gasteiger partial charge in [0.2, 0.25) is 0 Å². The fourth-order valence-corrected chi connectivity index (χ4v) is 5.69. The molecule has 0 radical (unpaired) electrons. The standard InChI is InChI=1S/C31H33Cl2N5O4/c1-31(2,3)42-30(40)38-12-10-18(11-13-38)19-8-9-24(27(14-19)41-4)36-25-16-20(15-21-22(32)6-5-7-23(21)33)35-26-17-34-37-29(39)28(25)26/h5-9,14,16-18H,10-13,15H2,1-4H3,(H,35,36)(H,37,39). The molecule has 0 spiro atoms. The number of likely N-dealkylation sites (tertiary alicyclic amines) is 1. The lowest BCUT2D eigenvalue weighted by Crippen LogP contribution is -2.41. The largest absolute Gasteiger partial charge is 0.495 e. The second-order valence-corrected chi connectivity index (χ2v) is 12.1. The lowest BCUT2D eigenvalue weighted by molar-refractivity contribution is 0.0205. The molecule has 2 N–H and O–H groups in total. The lowest BCUT2D eigenvalue weighted by Gasteiger charge is -2.33. The Morgan fingerprint density at radius 2 is 1.81 bits per heavy atom. The summed E-state index contributed by atoms with van der Waals surface area (Å²) in [6.45, 7) is 6.86. The molecular weight excluding hydrogens is 577 g/mol. The van der Waals surface area contributed by atoms with Gasteiger partial charge in [0, 0.05) is 35.2 Å². The highest BCUT2D eigenvalue weighted by Gasteiger charge is 2.28. The fraction of sp³-hybridized carbons (Fsp3) is 0.355. The van der Waals surface area contributed by atoms with Crippen molar-refractivity contribution in [2.75, 3.05) is 25.5 Å². The molecule has 4 aromatic rings. The van der Waals surface area contributed by atoms with Gasteiger partial charge in [-0.05, 0) is 81.0 Å². The van der Waals surface area contributed by atoms with Crippen molar-refractivity contribution in [2.24, 2.45) is 0 Å². The van der Waals surface area contributed by atoms with Gasteiger partial charge < -0.3 is 19.7 Å². The summed E-state index contributed by atoms with van der Waals surface area (Å²) in [5, 5.41) is 11.3. The number of rotatable bonds is 6. The van der Waals surface area contributed by atoms with Crippen molar-refractivity contribution in [3.05, 3.63) is 85.9 Å². The third-order valence-corrected chi connectivity index (χ3v) is 7.92. The lowest BCUT2D eigenvalue weighted by atomic mass is 9.89. The zero-order valence-electron chi connectivity index (χ0n) is 24.0. The van der Waals surface area contributed by atoms with Gasteiger partial charge in [-0.2, -0.15) is 5.10 Å². The molecule has 0 bridgehead atoms. The van der Waals surface area contributed by atoms with Gasteiger partial charge in [0.1, 0.15) is 11.4 Å². The van der Waals surface area contributed by atoms with Gasteiger partial charge in [0.25, 0.3) is 5.56 Å². The topological polar surface area (TPSA) is 109 Å². The monoisotopic (exact) mass is 609 g/mol. The molecule has 2 aromatic carbocycles. The van der Waals surface area contributed by atoms with Crippen molar-refractivity contribution in [3.63, 3.8) is 0 Å². The summed E-state index contributed by atoms with van der Waals surface area (Å²) in [6, 6.07) is 13.2. The van der Waals surface area contributed by atoms with E-state index >= 15 is 0 Å². The van der Waals surface area contributed by atoms with E-state index in [0.717, 1.165) is 24.0 Å². The average molecular weight is 611 g/mol. The Labute approximate surface area is 254 Å². The molecule has 5 rings (SSSR count). The van der Waals surface area contributed by atoms with Crippen LogP contribution in [-0.2, 0) is 11.2 Å². The summed E-state index contributed by atoms with van der Waals surface area (Å²) in [5.41, 5.74) is 3.34. The third-order valence-electron chi connectivity index (χ3n) is 7.21. The van der Waals surface area contributed by atoms with E-state index in [4.69, 9.17) is 32.7 Å². The second kappa shape index (κ2) is 12.2. The van der Waals surface area contributed by atoms with Gasteiger partial charge in [-0.15, -0.1) is 0 Å². The number of aromatic amines is 1. The number of aromatic nitrogens is 3. The van der Waals surface area contributed by atoms with Crippen molar-refractivity contribution in [2.45, 2.75) is 51.6 Å². The molecule has 1 amide bonds. The first-order chi connectivity index (χ1) is 20.0.